The summed E-state index contributed by atoms with van der Waals surface area (Å²) in [6, 6.07) is 7.49. The van der Waals surface area contributed by atoms with Gasteiger partial charge in [-0.3, -0.25) is 14.4 Å². The van der Waals surface area contributed by atoms with Crippen molar-refractivity contribution in [3.63, 3.8) is 0 Å². The van der Waals surface area contributed by atoms with Crippen LogP contribution in [0.5, 0.6) is 0 Å². The fraction of sp³-hybridized carbons (Fsp3) is 0.524. The van der Waals surface area contributed by atoms with Gasteiger partial charge >= 0.3 is 11.9 Å². The molecule has 1 heterocycles. The first kappa shape index (κ1) is 22.4. The Bertz CT molecular complexity index is 721. The second-order valence-corrected chi connectivity index (χ2v) is 6.73. The minimum absolute atomic E-state index is 0.124. The lowest BCUT2D eigenvalue weighted by Crippen LogP contribution is -2.52. The van der Waals surface area contributed by atoms with E-state index in [0.29, 0.717) is 19.4 Å². The zero-order valence-corrected chi connectivity index (χ0v) is 16.9. The number of carbonyl (C=O) groups is 4. The number of hydrogen-bond acceptors (Lipinski definition) is 6. The van der Waals surface area contributed by atoms with Crippen molar-refractivity contribution < 1.29 is 28.7 Å². The lowest BCUT2D eigenvalue weighted by atomic mass is 10.1. The molecule has 0 saturated carbocycles. The number of benzene rings is 1. The van der Waals surface area contributed by atoms with Gasteiger partial charge in [-0.15, -0.1) is 0 Å². The molecular formula is C21H28N2O6. The Morgan fingerprint density at radius 2 is 1.79 bits per heavy atom. The van der Waals surface area contributed by atoms with Gasteiger partial charge in [-0.05, 0) is 32.3 Å². The van der Waals surface area contributed by atoms with Gasteiger partial charge in [-0.1, -0.05) is 30.3 Å². The second kappa shape index (κ2) is 11.2. The van der Waals surface area contributed by atoms with Crippen molar-refractivity contribution in [3.05, 3.63) is 35.9 Å². The normalized spacial score (nSPS) is 16.8. The number of esters is 2. The number of nitrogens with one attached hydrogen (secondary N) is 1. The average Bonchev–Trinajstić information content (AvgIpc) is 3.19. The van der Waals surface area contributed by atoms with Crippen LogP contribution in [0.15, 0.2) is 30.3 Å². The fourth-order valence-corrected chi connectivity index (χ4v) is 3.30. The van der Waals surface area contributed by atoms with Gasteiger partial charge < -0.3 is 19.7 Å². The highest BCUT2D eigenvalue weighted by atomic mass is 16.5. The Balaban J connectivity index is 2.03. The number of likely N-dealkylation sites (tertiary alicyclic amines) is 1. The van der Waals surface area contributed by atoms with Crippen LogP contribution in [0.25, 0.3) is 0 Å². The molecule has 1 aliphatic rings. The first-order valence-corrected chi connectivity index (χ1v) is 9.92. The van der Waals surface area contributed by atoms with Gasteiger partial charge in [0.1, 0.15) is 12.1 Å². The van der Waals surface area contributed by atoms with E-state index in [1.54, 1.807) is 13.8 Å². The number of carbonyl (C=O) groups excluding carboxylic acids is 4. The first-order chi connectivity index (χ1) is 14.0. The molecule has 0 aliphatic carbocycles. The number of rotatable bonds is 9. The molecule has 29 heavy (non-hydrogen) atoms. The van der Waals surface area contributed by atoms with E-state index in [1.165, 1.54) is 4.90 Å². The standard InChI is InChI=1S/C21H28N2O6/c1-3-28-19(25)14-16(21(27)29-4-2)22-20(26)17-11-8-12-23(17)18(24)13-15-9-6-5-7-10-15/h5-7,9-10,16-17H,3-4,8,11-14H2,1-2H3,(H,22,26)/t16-,17-/m0/s1. The summed E-state index contributed by atoms with van der Waals surface area (Å²) in [5.74, 6) is -1.92. The van der Waals surface area contributed by atoms with Crippen molar-refractivity contribution in [1.29, 1.82) is 0 Å². The van der Waals surface area contributed by atoms with E-state index in [2.05, 4.69) is 5.32 Å². The maximum atomic E-state index is 12.8. The summed E-state index contributed by atoms with van der Waals surface area (Å²) in [6.45, 7) is 4.07. The summed E-state index contributed by atoms with van der Waals surface area (Å²) in [7, 11) is 0. The van der Waals surface area contributed by atoms with E-state index in [4.69, 9.17) is 9.47 Å². The Morgan fingerprint density at radius 1 is 1.10 bits per heavy atom. The van der Waals surface area contributed by atoms with E-state index >= 15 is 0 Å². The topological polar surface area (TPSA) is 102 Å². The maximum absolute atomic E-state index is 12.8. The lowest BCUT2D eigenvalue weighted by molar-refractivity contribution is -0.153. The molecule has 2 rings (SSSR count). The molecule has 1 aromatic carbocycles. The van der Waals surface area contributed by atoms with Crippen LogP contribution in [0, 0.1) is 0 Å². The molecule has 1 N–H and O–H groups in total. The molecule has 0 spiro atoms. The number of ether oxygens (including phenoxy) is 2. The molecule has 1 saturated heterocycles. The van der Waals surface area contributed by atoms with Crippen molar-refractivity contribution in [2.45, 2.75) is 51.6 Å². The van der Waals surface area contributed by atoms with Crippen LogP contribution in [-0.2, 0) is 35.1 Å². The quantitative estimate of drug-likeness (QED) is 0.621. The van der Waals surface area contributed by atoms with Crippen LogP contribution in [-0.4, -0.2) is 60.5 Å². The van der Waals surface area contributed by atoms with Crippen LogP contribution < -0.4 is 5.32 Å². The maximum Gasteiger partial charge on any atom is 0.329 e. The molecule has 0 bridgehead atoms. The summed E-state index contributed by atoms with van der Waals surface area (Å²) in [6.07, 6.45) is 1.08. The van der Waals surface area contributed by atoms with E-state index in [0.717, 1.165) is 5.56 Å². The van der Waals surface area contributed by atoms with Gasteiger partial charge in [0.25, 0.3) is 0 Å². The van der Waals surface area contributed by atoms with Crippen molar-refractivity contribution in [3.8, 4) is 0 Å². The van der Waals surface area contributed by atoms with Crippen LogP contribution >= 0.6 is 0 Å². The van der Waals surface area contributed by atoms with E-state index in [1.807, 2.05) is 30.3 Å². The van der Waals surface area contributed by atoms with Crippen LogP contribution in [0.2, 0.25) is 0 Å². The van der Waals surface area contributed by atoms with E-state index < -0.39 is 29.9 Å². The van der Waals surface area contributed by atoms with Crippen LogP contribution in [0.4, 0.5) is 0 Å². The van der Waals surface area contributed by atoms with Crippen molar-refractivity contribution in [2.75, 3.05) is 19.8 Å². The summed E-state index contributed by atoms with van der Waals surface area (Å²) in [4.78, 5) is 51.0. The zero-order chi connectivity index (χ0) is 21.2. The predicted octanol–water partition coefficient (Wildman–Crippen LogP) is 1.22. The molecule has 0 radical (unpaired) electrons. The molecular weight excluding hydrogens is 376 g/mol. The van der Waals surface area contributed by atoms with Crippen molar-refractivity contribution in [2.24, 2.45) is 0 Å². The molecule has 8 heteroatoms. The molecule has 8 nitrogen and oxygen atoms in total. The molecule has 1 aromatic rings. The Labute approximate surface area is 170 Å². The third-order valence-corrected chi connectivity index (χ3v) is 4.64. The summed E-state index contributed by atoms with van der Waals surface area (Å²) >= 11 is 0. The SMILES string of the molecule is CCOC(=O)C[C@H](NC(=O)[C@@H]1CCCN1C(=O)Cc1ccccc1)C(=O)OCC. The molecule has 0 aromatic heterocycles. The zero-order valence-electron chi connectivity index (χ0n) is 16.9. The third kappa shape index (κ3) is 6.58. The van der Waals surface area contributed by atoms with Gasteiger partial charge in [-0.2, -0.15) is 0 Å². The predicted molar refractivity (Wildman–Crippen MR) is 105 cm³/mol. The second-order valence-electron chi connectivity index (χ2n) is 6.73. The number of nitrogens with zero attached hydrogens (tertiary/aromatic N) is 1. The minimum atomic E-state index is -1.15. The smallest absolute Gasteiger partial charge is 0.329 e. The highest BCUT2D eigenvalue weighted by Gasteiger charge is 2.36. The largest absolute Gasteiger partial charge is 0.466 e. The Kier molecular flexibility index (Phi) is 8.64. The van der Waals surface area contributed by atoms with Gasteiger partial charge in [-0.25, -0.2) is 4.79 Å². The van der Waals surface area contributed by atoms with Crippen molar-refractivity contribution >= 4 is 23.8 Å². The third-order valence-electron chi connectivity index (χ3n) is 4.64. The van der Waals surface area contributed by atoms with Crippen molar-refractivity contribution in [1.82, 2.24) is 10.2 Å². The Hall–Kier alpha value is -2.90. The summed E-state index contributed by atoms with van der Waals surface area (Å²) in [5, 5.41) is 2.57. The number of hydrogen-bond donors (Lipinski definition) is 1. The van der Waals surface area contributed by atoms with Gasteiger partial charge in [0.05, 0.1) is 26.1 Å². The summed E-state index contributed by atoms with van der Waals surface area (Å²) in [5.41, 5.74) is 0.871. The minimum Gasteiger partial charge on any atom is -0.466 e. The molecule has 158 valence electrons. The average molecular weight is 404 g/mol. The molecule has 2 atom stereocenters. The van der Waals surface area contributed by atoms with Gasteiger partial charge in [0, 0.05) is 6.54 Å². The monoisotopic (exact) mass is 404 g/mol. The van der Waals surface area contributed by atoms with E-state index in [9.17, 15) is 19.2 Å². The van der Waals surface area contributed by atoms with Gasteiger partial charge in [0.2, 0.25) is 11.8 Å². The molecule has 2 amide bonds. The van der Waals surface area contributed by atoms with E-state index in [-0.39, 0.29) is 32.0 Å². The molecule has 1 fully saturated rings. The summed E-state index contributed by atoms with van der Waals surface area (Å²) < 4.78 is 9.83. The van der Waals surface area contributed by atoms with Crippen LogP contribution in [0.1, 0.15) is 38.7 Å². The fourth-order valence-electron chi connectivity index (χ4n) is 3.30. The highest BCUT2D eigenvalue weighted by molar-refractivity contribution is 5.93. The number of amides is 2. The first-order valence-electron chi connectivity index (χ1n) is 9.92. The Morgan fingerprint density at radius 3 is 2.45 bits per heavy atom. The molecule has 0 unspecified atom stereocenters. The lowest BCUT2D eigenvalue weighted by Gasteiger charge is -2.26. The highest BCUT2D eigenvalue weighted by Crippen LogP contribution is 2.19. The molecule has 1 aliphatic heterocycles. The van der Waals surface area contributed by atoms with Crippen LogP contribution in [0.3, 0.4) is 0 Å². The van der Waals surface area contributed by atoms with Gasteiger partial charge in [0.15, 0.2) is 0 Å².